The summed E-state index contributed by atoms with van der Waals surface area (Å²) < 4.78 is 39.2. The number of alkyl halides is 4. The van der Waals surface area contributed by atoms with Crippen LogP contribution in [0.3, 0.4) is 0 Å². The first-order valence-electron chi connectivity index (χ1n) is 12.4. The highest BCUT2D eigenvalue weighted by Crippen LogP contribution is 2.68. The first-order valence-corrected chi connectivity index (χ1v) is 13.2. The van der Waals surface area contributed by atoms with Crippen LogP contribution in [-0.4, -0.2) is 78.7 Å². The molecule has 5 aliphatic carbocycles. The van der Waals surface area contributed by atoms with Gasteiger partial charge in [0.15, 0.2) is 0 Å². The Morgan fingerprint density at radius 1 is 0.970 bits per heavy atom. The molecule has 33 heavy (non-hydrogen) atoms. The number of amides is 1. The number of halogens is 4. The summed E-state index contributed by atoms with van der Waals surface area (Å²) in [5.74, 6) is -0.122. The highest BCUT2D eigenvalue weighted by Gasteiger charge is 2.71. The molecule has 2 bridgehead atoms. The number of hydrogen-bond acceptors (Lipinski definition) is 5. The van der Waals surface area contributed by atoms with E-state index in [0.29, 0.717) is 32.3 Å². The van der Waals surface area contributed by atoms with E-state index < -0.39 is 17.7 Å². The SMILES string of the molecule is O=C(COC1CCC(Cl)C(F)C1)NC12CC(C3NCC(COC4CCC(Cl)C(F)C4)N3)(C1)C2. The van der Waals surface area contributed by atoms with Crippen molar-refractivity contribution in [2.75, 3.05) is 19.8 Å². The standard InChI is InChI=1S/C23H35Cl2F2N3O3/c24-16-3-1-14(5-18(16)26)32-8-13-7-28-21(29-13)22-10-23(11-22,12-22)30-20(31)9-33-15-2-4-17(25)19(27)6-15/h13-19,21,28-29H,1-12H2,(H,30,31). The van der Waals surface area contributed by atoms with Crippen LogP contribution in [0.25, 0.3) is 0 Å². The third kappa shape index (κ3) is 5.17. The van der Waals surface area contributed by atoms with Gasteiger partial charge in [-0.15, -0.1) is 23.2 Å². The van der Waals surface area contributed by atoms with Gasteiger partial charge >= 0.3 is 0 Å². The maximum Gasteiger partial charge on any atom is 0.246 e. The maximum atomic E-state index is 13.8. The van der Waals surface area contributed by atoms with E-state index in [9.17, 15) is 13.6 Å². The number of ether oxygens (including phenoxy) is 2. The Morgan fingerprint density at radius 2 is 1.58 bits per heavy atom. The third-order valence-corrected chi connectivity index (χ3v) is 9.32. The molecular weight excluding hydrogens is 475 g/mol. The fourth-order valence-electron chi connectivity index (χ4n) is 6.58. The molecule has 6 aliphatic rings. The summed E-state index contributed by atoms with van der Waals surface area (Å²) in [6.45, 7) is 1.36. The Kier molecular flexibility index (Phi) is 7.16. The average molecular weight is 510 g/mol. The van der Waals surface area contributed by atoms with E-state index in [1.165, 1.54) is 0 Å². The molecule has 1 aliphatic heterocycles. The van der Waals surface area contributed by atoms with Crippen LogP contribution in [0.15, 0.2) is 0 Å². The number of nitrogens with one attached hydrogen (secondary N) is 3. The van der Waals surface area contributed by atoms with Crippen molar-refractivity contribution in [1.82, 2.24) is 16.0 Å². The van der Waals surface area contributed by atoms with Crippen molar-refractivity contribution >= 4 is 29.1 Å². The van der Waals surface area contributed by atoms with E-state index in [1.807, 2.05) is 0 Å². The zero-order valence-corrected chi connectivity index (χ0v) is 20.4. The summed E-state index contributed by atoms with van der Waals surface area (Å²) >= 11 is 11.9. The van der Waals surface area contributed by atoms with Crippen LogP contribution < -0.4 is 16.0 Å². The molecule has 1 heterocycles. The van der Waals surface area contributed by atoms with Crippen LogP contribution in [0.4, 0.5) is 8.78 Å². The lowest BCUT2D eigenvalue weighted by Crippen LogP contribution is -2.80. The zero-order valence-electron chi connectivity index (χ0n) is 18.8. The molecule has 6 nitrogen and oxygen atoms in total. The molecule has 6 rings (SSSR count). The molecule has 10 heteroatoms. The van der Waals surface area contributed by atoms with E-state index >= 15 is 0 Å². The van der Waals surface area contributed by atoms with Gasteiger partial charge in [0.05, 0.1) is 35.7 Å². The molecule has 8 atom stereocenters. The second-order valence-electron chi connectivity index (χ2n) is 11.0. The van der Waals surface area contributed by atoms with Crippen LogP contribution >= 0.6 is 23.2 Å². The van der Waals surface area contributed by atoms with Gasteiger partial charge in [-0.25, -0.2) is 8.78 Å². The predicted octanol–water partition coefficient (Wildman–Crippen LogP) is 2.94. The fourth-order valence-corrected chi connectivity index (χ4v) is 7.04. The van der Waals surface area contributed by atoms with E-state index in [-0.39, 0.29) is 59.7 Å². The van der Waals surface area contributed by atoms with Crippen molar-refractivity contribution in [2.24, 2.45) is 5.41 Å². The molecule has 1 saturated heterocycles. The highest BCUT2D eigenvalue weighted by atomic mass is 35.5. The van der Waals surface area contributed by atoms with Gasteiger partial charge in [-0.3, -0.25) is 15.4 Å². The lowest BCUT2D eigenvalue weighted by molar-refractivity contribution is -0.184. The van der Waals surface area contributed by atoms with Gasteiger partial charge in [0.1, 0.15) is 19.0 Å². The van der Waals surface area contributed by atoms with Gasteiger partial charge in [-0.05, 0) is 44.9 Å². The molecule has 5 saturated carbocycles. The molecule has 188 valence electrons. The van der Waals surface area contributed by atoms with E-state index in [1.54, 1.807) is 0 Å². The van der Waals surface area contributed by atoms with Crippen LogP contribution in [0.5, 0.6) is 0 Å². The highest BCUT2D eigenvalue weighted by molar-refractivity contribution is 6.21. The molecule has 0 spiro atoms. The van der Waals surface area contributed by atoms with Gasteiger partial charge in [-0.1, -0.05) is 0 Å². The van der Waals surface area contributed by atoms with Gasteiger partial charge in [0.25, 0.3) is 0 Å². The molecule has 0 aromatic carbocycles. The topological polar surface area (TPSA) is 71.6 Å². The molecule has 8 unspecified atom stereocenters. The van der Waals surface area contributed by atoms with Gasteiger partial charge in [-0.2, -0.15) is 0 Å². The number of carbonyl (C=O) groups is 1. The molecule has 1 amide bonds. The van der Waals surface area contributed by atoms with Crippen LogP contribution in [0.1, 0.15) is 57.8 Å². The van der Waals surface area contributed by atoms with Crippen molar-refractivity contribution in [3.63, 3.8) is 0 Å². The lowest BCUT2D eigenvalue weighted by Gasteiger charge is -2.72. The summed E-state index contributed by atoms with van der Waals surface area (Å²) in [4.78, 5) is 12.4. The van der Waals surface area contributed by atoms with Crippen LogP contribution in [-0.2, 0) is 14.3 Å². The second kappa shape index (κ2) is 9.66. The largest absolute Gasteiger partial charge is 0.376 e. The molecule has 6 fully saturated rings. The molecule has 0 aromatic heterocycles. The van der Waals surface area contributed by atoms with Crippen molar-refractivity contribution in [2.45, 2.75) is 111 Å². The minimum atomic E-state index is -1.06. The number of carbonyl (C=O) groups excluding carboxylic acids is 1. The first kappa shape index (κ1) is 24.4. The third-order valence-electron chi connectivity index (χ3n) is 8.33. The maximum absolute atomic E-state index is 13.8. The molecular formula is C23H35Cl2F2N3O3. The van der Waals surface area contributed by atoms with E-state index in [4.69, 9.17) is 32.7 Å². The van der Waals surface area contributed by atoms with E-state index in [0.717, 1.165) is 32.2 Å². The monoisotopic (exact) mass is 509 g/mol. The average Bonchev–Trinajstić information content (AvgIpc) is 3.20. The van der Waals surface area contributed by atoms with Crippen LogP contribution in [0.2, 0.25) is 0 Å². The fraction of sp³-hybridized carbons (Fsp3) is 0.957. The first-order chi connectivity index (χ1) is 15.8. The summed E-state index contributed by atoms with van der Waals surface area (Å²) in [6, 6.07) is 0.206. The Hall–Kier alpha value is -0.250. The van der Waals surface area contributed by atoms with Gasteiger partial charge in [0, 0.05) is 36.4 Å². The summed E-state index contributed by atoms with van der Waals surface area (Å²) in [7, 11) is 0. The molecule has 0 radical (unpaired) electrons. The Morgan fingerprint density at radius 3 is 2.18 bits per heavy atom. The van der Waals surface area contributed by atoms with Crippen molar-refractivity contribution in [1.29, 1.82) is 0 Å². The van der Waals surface area contributed by atoms with E-state index in [2.05, 4.69) is 16.0 Å². The number of hydrogen-bond donors (Lipinski definition) is 3. The van der Waals surface area contributed by atoms with Crippen LogP contribution in [0, 0.1) is 5.41 Å². The summed E-state index contributed by atoms with van der Waals surface area (Å²) in [5, 5.41) is 9.53. The Labute approximate surface area is 204 Å². The quantitative estimate of drug-likeness (QED) is 0.438. The van der Waals surface area contributed by atoms with Gasteiger partial charge in [0.2, 0.25) is 5.91 Å². The normalized spacial score (nSPS) is 49.2. The summed E-state index contributed by atoms with van der Waals surface area (Å²) in [5.41, 5.74) is 0.0505. The molecule has 3 N–H and O–H groups in total. The zero-order chi connectivity index (χ0) is 23.2. The minimum Gasteiger partial charge on any atom is -0.376 e. The molecule has 0 aromatic rings. The predicted molar refractivity (Wildman–Crippen MR) is 122 cm³/mol. The second-order valence-corrected chi connectivity index (χ2v) is 12.1. The smallest absolute Gasteiger partial charge is 0.246 e. The lowest BCUT2D eigenvalue weighted by atomic mass is 9.38. The summed E-state index contributed by atoms with van der Waals surface area (Å²) in [6.07, 6.45) is 4.13. The minimum absolute atomic E-state index is 0.0240. The van der Waals surface area contributed by atoms with Crippen molar-refractivity contribution in [3.05, 3.63) is 0 Å². The number of rotatable bonds is 8. The van der Waals surface area contributed by atoms with Gasteiger partial charge < -0.3 is 14.8 Å². The van der Waals surface area contributed by atoms with Crippen molar-refractivity contribution in [3.8, 4) is 0 Å². The van der Waals surface area contributed by atoms with Crippen molar-refractivity contribution < 1.29 is 23.0 Å². The Balaban J connectivity index is 0.984. The Bertz CT molecular complexity index is 715.